The van der Waals surface area contributed by atoms with Crippen molar-refractivity contribution < 1.29 is 19.2 Å². The topological polar surface area (TPSA) is 152 Å². The van der Waals surface area contributed by atoms with Gasteiger partial charge in [-0.2, -0.15) is 10.4 Å². The van der Waals surface area contributed by atoms with Crippen LogP contribution in [0.2, 0.25) is 0 Å². The highest BCUT2D eigenvalue weighted by Gasteiger charge is 2.32. The Morgan fingerprint density at radius 2 is 1.65 bits per heavy atom. The number of carbonyl (C=O) groups excluding carboxylic acids is 4. The van der Waals surface area contributed by atoms with Crippen LogP contribution in [0.25, 0.3) is 0 Å². The van der Waals surface area contributed by atoms with E-state index in [9.17, 15) is 24.4 Å². The number of nitrogens with one attached hydrogen (secondary N) is 3. The molecular formula is C37H46N8O4. The van der Waals surface area contributed by atoms with E-state index in [2.05, 4.69) is 32.0 Å². The minimum atomic E-state index is -0.725. The van der Waals surface area contributed by atoms with Gasteiger partial charge in [0, 0.05) is 64.5 Å². The molecule has 1 unspecified atom stereocenters. The molecule has 4 amide bonds. The Labute approximate surface area is 287 Å². The smallest absolute Gasteiger partial charge is 0.270 e. The minimum Gasteiger partial charge on any atom is -0.344 e. The zero-order valence-electron chi connectivity index (χ0n) is 28.4. The van der Waals surface area contributed by atoms with Gasteiger partial charge in [-0.15, -0.1) is 0 Å². The first-order valence-corrected chi connectivity index (χ1v) is 17.2. The summed E-state index contributed by atoms with van der Waals surface area (Å²) >= 11 is 0. The lowest BCUT2D eigenvalue weighted by molar-refractivity contribution is -0.138. The Bertz CT molecular complexity index is 1650. The van der Waals surface area contributed by atoms with Crippen molar-refractivity contribution >= 4 is 29.3 Å². The second-order valence-corrected chi connectivity index (χ2v) is 12.9. The first-order chi connectivity index (χ1) is 23.7. The van der Waals surface area contributed by atoms with E-state index in [0.29, 0.717) is 56.1 Å². The van der Waals surface area contributed by atoms with Crippen molar-refractivity contribution in [2.45, 2.75) is 70.5 Å². The average Bonchev–Trinajstić information content (AvgIpc) is 3.57. The maximum atomic E-state index is 13.7. The third-order valence-corrected chi connectivity index (χ3v) is 9.58. The number of anilines is 1. The molecule has 2 aliphatic rings. The van der Waals surface area contributed by atoms with Gasteiger partial charge < -0.3 is 20.9 Å². The predicted octanol–water partition coefficient (Wildman–Crippen LogP) is 3.39. The Morgan fingerprint density at radius 3 is 2.31 bits per heavy atom. The lowest BCUT2D eigenvalue weighted by Crippen LogP contribution is -2.55. The monoisotopic (exact) mass is 666 g/mol. The average molecular weight is 667 g/mol. The van der Waals surface area contributed by atoms with E-state index in [-0.39, 0.29) is 36.0 Å². The van der Waals surface area contributed by atoms with Gasteiger partial charge in [0.1, 0.15) is 17.8 Å². The zero-order valence-corrected chi connectivity index (χ0v) is 28.4. The summed E-state index contributed by atoms with van der Waals surface area (Å²) in [5, 5.41) is 22.4. The molecule has 1 saturated heterocycles. The molecule has 1 aliphatic carbocycles. The molecule has 2 atom stereocenters. The summed E-state index contributed by atoms with van der Waals surface area (Å²) < 4.78 is 1.49. The van der Waals surface area contributed by atoms with Crippen molar-refractivity contribution in [1.82, 2.24) is 30.2 Å². The molecule has 12 heteroatoms. The number of benzene rings is 2. The van der Waals surface area contributed by atoms with Gasteiger partial charge >= 0.3 is 0 Å². The summed E-state index contributed by atoms with van der Waals surface area (Å²) in [4.78, 5) is 56.8. The molecule has 3 N–H and O–H groups in total. The number of carbonyl (C=O) groups is 4. The van der Waals surface area contributed by atoms with Crippen molar-refractivity contribution in [2.24, 2.45) is 13.0 Å². The van der Waals surface area contributed by atoms with Crippen LogP contribution in [0.3, 0.4) is 0 Å². The summed E-state index contributed by atoms with van der Waals surface area (Å²) in [6, 6.07) is 17.3. The van der Waals surface area contributed by atoms with Crippen molar-refractivity contribution in [3.63, 3.8) is 0 Å². The number of nitrogens with zero attached hydrogens (tertiary/aromatic N) is 5. The Morgan fingerprint density at radius 1 is 0.939 bits per heavy atom. The normalized spacial score (nSPS) is 16.6. The van der Waals surface area contributed by atoms with Crippen LogP contribution < -0.4 is 16.0 Å². The second kappa shape index (κ2) is 16.9. The highest BCUT2D eigenvalue weighted by molar-refractivity contribution is 6.00. The number of hydrogen-bond donors (Lipinski definition) is 3. The summed E-state index contributed by atoms with van der Waals surface area (Å²) in [5.41, 5.74) is 3.44. The summed E-state index contributed by atoms with van der Waals surface area (Å²) in [6.07, 6.45) is 7.02. The van der Waals surface area contributed by atoms with E-state index in [1.165, 1.54) is 4.68 Å². The molecule has 0 radical (unpaired) electrons. The van der Waals surface area contributed by atoms with Crippen LogP contribution in [0.1, 0.15) is 72.6 Å². The largest absolute Gasteiger partial charge is 0.344 e. The van der Waals surface area contributed by atoms with Gasteiger partial charge in [0.15, 0.2) is 0 Å². The fourth-order valence-corrected chi connectivity index (χ4v) is 6.71. The fourth-order valence-electron chi connectivity index (χ4n) is 6.71. The molecule has 0 bridgehead atoms. The third-order valence-electron chi connectivity index (χ3n) is 9.58. The van der Waals surface area contributed by atoms with Crippen molar-refractivity contribution in [1.29, 1.82) is 5.26 Å². The summed E-state index contributed by atoms with van der Waals surface area (Å²) in [7, 11) is 1.69. The predicted molar refractivity (Wildman–Crippen MR) is 185 cm³/mol. The standard InChI is InChI=1S/C37H46N8O4/c1-3-33(46)41-31(37(49)45-21-19-44(20-22-45)25-29-12-8-7-11-28(29)24-38)23-26-13-15-30(16-14-26)40-36(48)34(27-9-5-4-6-10-27)42-35(47)32-17-18-39-43(32)2/h7-8,11-18,27,31,34H,3-6,9-10,19-23,25H2,1-2H3,(H,40,48)(H,41,46)(H,42,47)/t31?,34-/m0/s1. The third kappa shape index (κ3) is 9.32. The van der Waals surface area contributed by atoms with Gasteiger partial charge in [-0.25, -0.2) is 0 Å². The van der Waals surface area contributed by atoms with E-state index >= 15 is 0 Å². The maximum Gasteiger partial charge on any atom is 0.270 e. The molecule has 1 saturated carbocycles. The number of piperazine rings is 1. The van der Waals surface area contributed by atoms with Crippen molar-refractivity contribution in [3.05, 3.63) is 83.2 Å². The Kier molecular flexibility index (Phi) is 12.2. The van der Waals surface area contributed by atoms with Crippen LogP contribution in [-0.2, 0) is 34.4 Å². The first-order valence-electron chi connectivity index (χ1n) is 17.2. The molecule has 1 aromatic heterocycles. The van der Waals surface area contributed by atoms with Crippen LogP contribution in [0, 0.1) is 17.2 Å². The van der Waals surface area contributed by atoms with Gasteiger partial charge in [0.25, 0.3) is 5.91 Å². The fraction of sp³-hybridized carbons (Fsp3) is 0.459. The number of nitriles is 1. The van der Waals surface area contributed by atoms with Crippen molar-refractivity contribution in [2.75, 3.05) is 31.5 Å². The van der Waals surface area contributed by atoms with Gasteiger partial charge in [-0.1, -0.05) is 56.5 Å². The number of aryl methyl sites for hydroxylation is 1. The molecule has 5 rings (SSSR count). The van der Waals surface area contributed by atoms with Crippen LogP contribution in [-0.4, -0.2) is 81.5 Å². The number of rotatable bonds is 12. The summed E-state index contributed by atoms with van der Waals surface area (Å²) in [5.74, 6) is -0.897. The molecule has 0 spiro atoms. The van der Waals surface area contributed by atoms with Gasteiger partial charge in [-0.05, 0) is 54.2 Å². The van der Waals surface area contributed by atoms with E-state index in [1.807, 2.05) is 36.4 Å². The molecule has 3 aromatic rings. The molecular weight excluding hydrogens is 620 g/mol. The molecule has 2 fully saturated rings. The van der Waals surface area contributed by atoms with Crippen molar-refractivity contribution in [3.8, 4) is 6.07 Å². The van der Waals surface area contributed by atoms with Crippen LogP contribution in [0.5, 0.6) is 0 Å². The first kappa shape index (κ1) is 35.3. The van der Waals surface area contributed by atoms with E-state index in [4.69, 9.17) is 0 Å². The van der Waals surface area contributed by atoms with Gasteiger partial charge in [-0.3, -0.25) is 28.8 Å². The molecule has 258 valence electrons. The lowest BCUT2D eigenvalue weighted by Gasteiger charge is -2.36. The molecule has 1 aliphatic heterocycles. The van der Waals surface area contributed by atoms with Crippen LogP contribution in [0.15, 0.2) is 60.8 Å². The van der Waals surface area contributed by atoms with Crippen LogP contribution >= 0.6 is 0 Å². The highest BCUT2D eigenvalue weighted by Crippen LogP contribution is 2.28. The molecule has 2 aromatic carbocycles. The van der Waals surface area contributed by atoms with E-state index in [1.54, 1.807) is 43.3 Å². The van der Waals surface area contributed by atoms with Gasteiger partial charge in [0.05, 0.1) is 11.6 Å². The SMILES string of the molecule is CCC(=O)NC(Cc1ccc(NC(=O)[C@@H](NC(=O)c2ccnn2C)C2CCCCC2)cc1)C(=O)N1CCN(Cc2ccccc2C#N)CC1. The molecule has 12 nitrogen and oxygen atoms in total. The molecule has 49 heavy (non-hydrogen) atoms. The Balaban J connectivity index is 1.20. The molecule has 2 heterocycles. The minimum absolute atomic E-state index is 0.0365. The number of aromatic nitrogens is 2. The lowest BCUT2D eigenvalue weighted by atomic mass is 9.83. The summed E-state index contributed by atoms with van der Waals surface area (Å²) in [6.45, 7) is 4.78. The Hall–Kier alpha value is -5.02. The highest BCUT2D eigenvalue weighted by atomic mass is 16.2. The zero-order chi connectivity index (χ0) is 34.8. The van der Waals surface area contributed by atoms with E-state index in [0.717, 1.165) is 43.2 Å². The number of hydrogen-bond acceptors (Lipinski definition) is 7. The second-order valence-electron chi connectivity index (χ2n) is 12.9. The van der Waals surface area contributed by atoms with Crippen LogP contribution in [0.4, 0.5) is 5.69 Å². The van der Waals surface area contributed by atoms with Gasteiger partial charge in [0.2, 0.25) is 17.7 Å². The maximum absolute atomic E-state index is 13.7. The van der Waals surface area contributed by atoms with E-state index < -0.39 is 12.1 Å². The number of amides is 4. The quantitative estimate of drug-likeness (QED) is 0.268.